The third-order valence-corrected chi connectivity index (χ3v) is 4.59. The first-order valence-corrected chi connectivity index (χ1v) is 4.99. The van der Waals surface area contributed by atoms with Gasteiger partial charge in [0.1, 0.15) is 0 Å². The molecule has 0 amide bonds. The molecule has 4 aliphatic rings. The molecule has 4 saturated carbocycles. The Morgan fingerprint density at radius 2 is 1.82 bits per heavy atom. The van der Waals surface area contributed by atoms with Crippen molar-refractivity contribution in [2.75, 3.05) is 6.54 Å². The Morgan fingerprint density at radius 1 is 1.18 bits per heavy atom. The smallest absolute Gasteiger partial charge is 0.00199 e. The van der Waals surface area contributed by atoms with Crippen LogP contribution in [0.2, 0.25) is 0 Å². The quantitative estimate of drug-likeness (QED) is 0.641. The van der Waals surface area contributed by atoms with E-state index in [0.717, 1.165) is 17.9 Å². The van der Waals surface area contributed by atoms with E-state index in [0.29, 0.717) is 5.41 Å². The van der Waals surface area contributed by atoms with Crippen molar-refractivity contribution in [2.45, 2.75) is 38.5 Å². The van der Waals surface area contributed by atoms with Gasteiger partial charge in [0, 0.05) is 0 Å². The van der Waals surface area contributed by atoms with Crippen LogP contribution in [0.5, 0.6) is 0 Å². The largest absolute Gasteiger partial charge is 0.330 e. The van der Waals surface area contributed by atoms with Gasteiger partial charge in [0.25, 0.3) is 0 Å². The summed E-state index contributed by atoms with van der Waals surface area (Å²) >= 11 is 0. The van der Waals surface area contributed by atoms with Crippen molar-refractivity contribution in [1.82, 2.24) is 0 Å². The minimum Gasteiger partial charge on any atom is -0.330 e. The summed E-state index contributed by atoms with van der Waals surface area (Å²) in [6, 6.07) is 0. The summed E-state index contributed by atoms with van der Waals surface area (Å²) in [5.74, 6) is 1.12. The highest BCUT2D eigenvalue weighted by atomic mass is 14.8. The van der Waals surface area contributed by atoms with Gasteiger partial charge in [-0.3, -0.25) is 0 Å². The second-order valence-electron chi connectivity index (χ2n) is 5.22. The van der Waals surface area contributed by atoms with Gasteiger partial charge < -0.3 is 5.73 Å². The van der Waals surface area contributed by atoms with Gasteiger partial charge in [0.15, 0.2) is 0 Å². The van der Waals surface area contributed by atoms with Crippen molar-refractivity contribution >= 4 is 0 Å². The topological polar surface area (TPSA) is 26.0 Å². The Balaban J connectivity index is 1.68. The van der Waals surface area contributed by atoms with Crippen molar-refractivity contribution in [3.05, 3.63) is 0 Å². The van der Waals surface area contributed by atoms with Gasteiger partial charge in [-0.15, -0.1) is 0 Å². The van der Waals surface area contributed by atoms with Gasteiger partial charge in [0.2, 0.25) is 0 Å². The molecule has 0 atom stereocenters. The van der Waals surface area contributed by atoms with Crippen molar-refractivity contribution < 1.29 is 0 Å². The van der Waals surface area contributed by atoms with Gasteiger partial charge in [-0.05, 0) is 55.4 Å². The van der Waals surface area contributed by atoms with E-state index in [1.807, 2.05) is 0 Å². The molecule has 2 N–H and O–H groups in total. The third-order valence-electron chi connectivity index (χ3n) is 4.59. The van der Waals surface area contributed by atoms with Crippen LogP contribution in [0.1, 0.15) is 38.5 Å². The molecule has 0 unspecified atom stereocenters. The van der Waals surface area contributed by atoms with E-state index in [4.69, 9.17) is 5.73 Å². The van der Waals surface area contributed by atoms with Crippen LogP contribution in [0.3, 0.4) is 0 Å². The zero-order valence-electron chi connectivity index (χ0n) is 7.10. The van der Waals surface area contributed by atoms with E-state index < -0.39 is 0 Å². The van der Waals surface area contributed by atoms with Crippen LogP contribution in [-0.2, 0) is 0 Å². The molecule has 0 radical (unpaired) electrons. The van der Waals surface area contributed by atoms with Crippen molar-refractivity contribution in [2.24, 2.45) is 22.5 Å². The van der Waals surface area contributed by atoms with E-state index >= 15 is 0 Å². The fourth-order valence-corrected chi connectivity index (χ4v) is 3.76. The lowest BCUT2D eigenvalue weighted by molar-refractivity contribution is -0.243. The highest BCUT2D eigenvalue weighted by Crippen LogP contribution is 2.77. The van der Waals surface area contributed by atoms with Gasteiger partial charge in [0.05, 0.1) is 0 Å². The monoisotopic (exact) mass is 151 g/mol. The predicted molar refractivity (Wildman–Crippen MR) is 45.1 cm³/mol. The number of rotatable bonds is 2. The molecule has 0 aliphatic heterocycles. The van der Waals surface area contributed by atoms with Crippen molar-refractivity contribution in [3.8, 4) is 0 Å². The molecule has 1 nitrogen and oxygen atoms in total. The van der Waals surface area contributed by atoms with Crippen molar-refractivity contribution in [3.63, 3.8) is 0 Å². The zero-order valence-corrected chi connectivity index (χ0v) is 7.10. The minimum absolute atomic E-state index is 0.662. The zero-order chi connectivity index (χ0) is 7.53. The Labute approximate surface area is 68.3 Å². The number of hydrogen-bond donors (Lipinski definition) is 1. The lowest BCUT2D eigenvalue weighted by Gasteiger charge is -2.75. The second kappa shape index (κ2) is 1.66. The summed E-state index contributed by atoms with van der Waals surface area (Å²) in [5, 5.41) is 0. The van der Waals surface area contributed by atoms with Crippen LogP contribution in [0.15, 0.2) is 0 Å². The molecule has 1 heteroatoms. The maximum absolute atomic E-state index is 5.72. The maximum Gasteiger partial charge on any atom is -0.00199 e. The molecule has 4 fully saturated rings. The SMILES string of the molecule is NCC12CC(C3CCC3)(C1)C2. The van der Waals surface area contributed by atoms with Crippen molar-refractivity contribution in [1.29, 1.82) is 0 Å². The average molecular weight is 151 g/mol. The molecule has 0 saturated heterocycles. The Hall–Kier alpha value is -0.0400. The molecular formula is C10H17N. The summed E-state index contributed by atoms with van der Waals surface area (Å²) in [6.45, 7) is 0.960. The van der Waals surface area contributed by atoms with Crippen LogP contribution in [0.25, 0.3) is 0 Å². The molecular weight excluding hydrogens is 134 g/mol. The third kappa shape index (κ3) is 0.581. The highest BCUT2D eigenvalue weighted by molar-refractivity contribution is 5.20. The molecule has 0 aromatic carbocycles. The van der Waals surface area contributed by atoms with Crippen LogP contribution >= 0.6 is 0 Å². The maximum atomic E-state index is 5.72. The fraction of sp³-hybridized carbons (Fsp3) is 1.00. The lowest BCUT2D eigenvalue weighted by atomic mass is 9.30. The molecule has 0 spiro atoms. The lowest BCUT2D eigenvalue weighted by Crippen LogP contribution is -2.68. The van der Waals surface area contributed by atoms with Gasteiger partial charge in [-0.2, -0.15) is 0 Å². The van der Waals surface area contributed by atoms with E-state index in [2.05, 4.69) is 0 Å². The summed E-state index contributed by atoms with van der Waals surface area (Å²) in [4.78, 5) is 0. The molecule has 0 aromatic rings. The summed E-state index contributed by atoms with van der Waals surface area (Å²) in [6.07, 6.45) is 9.02. The molecule has 0 aromatic heterocycles. The minimum atomic E-state index is 0.662. The molecule has 2 bridgehead atoms. The molecule has 4 rings (SSSR count). The number of hydrogen-bond acceptors (Lipinski definition) is 1. The Kier molecular flexibility index (Phi) is 0.976. The van der Waals surface area contributed by atoms with Gasteiger partial charge in [-0.1, -0.05) is 6.42 Å². The van der Waals surface area contributed by atoms with Gasteiger partial charge in [-0.25, -0.2) is 0 Å². The summed E-state index contributed by atoms with van der Waals surface area (Å²) in [5.41, 5.74) is 7.23. The number of nitrogens with two attached hydrogens (primary N) is 1. The summed E-state index contributed by atoms with van der Waals surface area (Å²) in [7, 11) is 0. The van der Waals surface area contributed by atoms with Crippen LogP contribution < -0.4 is 5.73 Å². The highest BCUT2D eigenvalue weighted by Gasteiger charge is 2.69. The van der Waals surface area contributed by atoms with E-state index in [-0.39, 0.29) is 0 Å². The Bertz CT molecular complexity index is 173. The predicted octanol–water partition coefficient (Wildman–Crippen LogP) is 1.92. The molecule has 62 valence electrons. The molecule has 11 heavy (non-hydrogen) atoms. The standard InChI is InChI=1S/C10H17N/c11-7-9-4-10(5-9,6-9)8-2-1-3-8/h8H,1-7,11H2. The fourth-order valence-electron chi connectivity index (χ4n) is 3.76. The van der Waals surface area contributed by atoms with Gasteiger partial charge >= 0.3 is 0 Å². The molecule has 4 aliphatic carbocycles. The summed E-state index contributed by atoms with van der Waals surface area (Å²) < 4.78 is 0. The normalized spacial score (nSPS) is 54.3. The first-order chi connectivity index (χ1) is 5.29. The van der Waals surface area contributed by atoms with Crippen LogP contribution in [-0.4, -0.2) is 6.54 Å². The van der Waals surface area contributed by atoms with Crippen LogP contribution in [0, 0.1) is 16.7 Å². The average Bonchev–Trinajstić information content (AvgIpc) is 1.68. The van der Waals surface area contributed by atoms with Crippen LogP contribution in [0.4, 0.5) is 0 Å². The first-order valence-electron chi connectivity index (χ1n) is 4.99. The molecule has 0 heterocycles. The van der Waals surface area contributed by atoms with E-state index in [9.17, 15) is 0 Å². The second-order valence-corrected chi connectivity index (χ2v) is 5.22. The van der Waals surface area contributed by atoms with E-state index in [1.54, 1.807) is 0 Å². The van der Waals surface area contributed by atoms with E-state index in [1.165, 1.54) is 38.5 Å². The first kappa shape index (κ1) is 6.47. The Morgan fingerprint density at radius 3 is 2.18 bits per heavy atom.